The Kier molecular flexibility index (Phi) is 26.5. The maximum absolute atomic E-state index is 13.2. The lowest BCUT2D eigenvalue weighted by Crippen LogP contribution is -2.37. The van der Waals surface area contributed by atoms with E-state index in [-0.39, 0.29) is 6.10 Å². The molecule has 119 heavy (non-hydrogen) atoms. The van der Waals surface area contributed by atoms with Crippen molar-refractivity contribution in [3.8, 4) is 90.6 Å². The molecule has 17 heterocycles. The number of pyridine rings is 7. The van der Waals surface area contributed by atoms with Gasteiger partial charge in [0, 0.05) is 184 Å². The van der Waals surface area contributed by atoms with Crippen LogP contribution >= 0.6 is 0 Å². The minimum Gasteiger partial charge on any atom is -0.476 e. The van der Waals surface area contributed by atoms with Gasteiger partial charge in [-0.2, -0.15) is 14.5 Å². The number of halogens is 1. The predicted molar refractivity (Wildman–Crippen MR) is 455 cm³/mol. The summed E-state index contributed by atoms with van der Waals surface area (Å²) in [7, 11) is 6.16. The van der Waals surface area contributed by atoms with Gasteiger partial charge in [0.2, 0.25) is 41.5 Å². The summed E-state index contributed by atoms with van der Waals surface area (Å²) in [6, 6.07) is 39.1. The zero-order chi connectivity index (χ0) is 81.8. The van der Waals surface area contributed by atoms with E-state index in [0.29, 0.717) is 154 Å². The first-order chi connectivity index (χ1) is 58.1. The third-order valence-electron chi connectivity index (χ3n) is 19.9. The van der Waals surface area contributed by atoms with E-state index in [9.17, 15) is 4.39 Å². The molecular formula is C84H93FN28O6. The molecule has 35 heteroatoms. The van der Waals surface area contributed by atoms with Gasteiger partial charge in [-0.3, -0.25) is 5.10 Å². The Morgan fingerprint density at radius 2 is 0.773 bits per heavy atom. The van der Waals surface area contributed by atoms with E-state index in [2.05, 4.69) is 96.8 Å². The number of rotatable bonds is 19. The number of fused-ring (bicyclic) bond motifs is 1. The number of aromatic nitrogens is 17. The largest absolute Gasteiger partial charge is 0.476 e. The van der Waals surface area contributed by atoms with Crippen LogP contribution in [0.15, 0.2) is 177 Å². The summed E-state index contributed by atoms with van der Waals surface area (Å²) < 4.78 is 46.8. The van der Waals surface area contributed by atoms with Crippen LogP contribution in [0.1, 0.15) is 12.8 Å². The van der Waals surface area contributed by atoms with Crippen LogP contribution in [0, 0.1) is 5.95 Å². The van der Waals surface area contributed by atoms with Crippen molar-refractivity contribution in [2.75, 3.05) is 200 Å². The fraction of sp³-hybridized carbons (Fsp3) is 0.310. The van der Waals surface area contributed by atoms with Gasteiger partial charge in [0.1, 0.15) is 41.8 Å². The molecular weight excluding hydrogens is 1520 g/mol. The van der Waals surface area contributed by atoms with Crippen molar-refractivity contribution in [3.63, 3.8) is 0 Å². The molecule has 612 valence electrons. The van der Waals surface area contributed by atoms with Gasteiger partial charge in [-0.05, 0) is 143 Å². The molecule has 5 aliphatic rings. The molecule has 0 amide bonds. The van der Waals surface area contributed by atoms with Crippen molar-refractivity contribution in [2.24, 2.45) is 0 Å². The lowest BCUT2D eigenvalue weighted by Gasteiger charge is -2.29. The van der Waals surface area contributed by atoms with Gasteiger partial charge in [-0.15, -0.1) is 0 Å². The molecule has 1 aromatic carbocycles. The lowest BCUT2D eigenvalue weighted by molar-refractivity contribution is 0.110. The van der Waals surface area contributed by atoms with Crippen LogP contribution in [0.25, 0.3) is 89.7 Å². The van der Waals surface area contributed by atoms with Crippen LogP contribution < -0.4 is 57.3 Å². The first kappa shape index (κ1) is 80.7. The van der Waals surface area contributed by atoms with Crippen molar-refractivity contribution < 1.29 is 32.8 Å². The number of likely N-dealkylation sites (N-methyl/N-ethyl adjacent to an activating group) is 1. The Labute approximate surface area is 686 Å². The highest BCUT2D eigenvalue weighted by Gasteiger charge is 2.25. The normalized spacial score (nSPS) is 15.2. The molecule has 0 atom stereocenters. The maximum atomic E-state index is 13.2. The van der Waals surface area contributed by atoms with Crippen molar-refractivity contribution in [2.45, 2.75) is 18.9 Å². The van der Waals surface area contributed by atoms with Gasteiger partial charge in [0.25, 0.3) is 0 Å². The number of likely N-dealkylation sites (tertiary alicyclic amines) is 1. The SMILES string of the molecule is CN(C)CCOc1ccc(-c2cc(-c3ccc(N)nc3)nc(N3CCOCC3)n2)cn1.CN1CCC(Oc2ccc(-c3cc(-c4ccc(N)nc4)nc(N4CCOCC4)n3)cn2)CC1.Nc1ccc(-c2cc(-c3ccc(F)nc3)nc(N3CCOCC3)n2)cn1.Nc1ccc(-c2cc(Nc3ccc4cn[nH]c4c3)nc(N3CCOCC3)n2)cn1. The van der Waals surface area contributed by atoms with E-state index in [1.165, 1.54) is 12.3 Å². The van der Waals surface area contributed by atoms with Gasteiger partial charge in [-0.25, -0.2) is 69.8 Å². The third kappa shape index (κ3) is 22.0. The van der Waals surface area contributed by atoms with E-state index >= 15 is 0 Å². The van der Waals surface area contributed by atoms with Crippen LogP contribution in [-0.4, -0.2) is 253 Å². The molecule has 5 saturated heterocycles. The molecule has 10 N–H and O–H groups in total. The van der Waals surface area contributed by atoms with Crippen molar-refractivity contribution in [3.05, 3.63) is 183 Å². The second-order valence-corrected chi connectivity index (χ2v) is 28.7. The third-order valence-corrected chi connectivity index (χ3v) is 19.9. The summed E-state index contributed by atoms with van der Waals surface area (Å²) in [5.74, 6) is 5.89. The number of nitrogen functional groups attached to an aromatic ring is 4. The second-order valence-electron chi connectivity index (χ2n) is 28.7. The number of ether oxygens (including phenoxy) is 6. The highest BCUT2D eigenvalue weighted by atomic mass is 19.1. The lowest BCUT2D eigenvalue weighted by atomic mass is 10.1. The summed E-state index contributed by atoms with van der Waals surface area (Å²) in [6.07, 6.45) is 16.0. The van der Waals surface area contributed by atoms with Crippen molar-refractivity contribution in [1.82, 2.24) is 94.8 Å². The van der Waals surface area contributed by atoms with Crippen LogP contribution in [0.2, 0.25) is 0 Å². The van der Waals surface area contributed by atoms with E-state index < -0.39 is 5.95 Å². The number of morpholine rings is 4. The fourth-order valence-electron chi connectivity index (χ4n) is 13.2. The summed E-state index contributed by atoms with van der Waals surface area (Å²) in [5.41, 5.74) is 36.1. The molecule has 18 rings (SSSR count). The molecule has 5 aliphatic heterocycles. The zero-order valence-corrected chi connectivity index (χ0v) is 66.4. The minimum absolute atomic E-state index is 0.219. The number of benzene rings is 1. The molecule has 5 fully saturated rings. The Morgan fingerprint density at radius 1 is 0.412 bits per heavy atom. The quantitative estimate of drug-likeness (QED) is 0.0411. The standard InChI is InChI=1S/C24H29N7O2.C22H27N7O2.C20H20N8O.C18H17FN6O/c1-30-8-6-19(7-9-30)33-23-5-3-18(16-27-23)21-14-20(17-2-4-22(25)26-15-17)28-24(29-21)31-10-12-32-13-11-31;1-28(2)7-12-31-21-6-4-17(15-25-21)19-13-18(16-3-5-20(23)24-14-16)26-22(27-19)29-8-10-30-11-9-29;21-18-4-2-13(11-22-18)16-10-19(26-20(25-16)28-5-7-29-8-6-28)24-15-3-1-14-12-23-27-17(14)9-15;19-16-3-1-12(10-21-16)14-9-15(13-2-4-17(20)22-11-13)24-18(23-14)25-5-7-26-8-6-25/h2-5,14-16,19H,6-13H2,1H3,(H2,25,26);3-6,13-15H,7-12H2,1-2H3,(H2,23,24);1-4,9-12H,5-8H2,(H2,21,22)(H,23,27)(H,24,25,26);1-4,9-11H,5-8H2,(H2,20,22). The molecule has 34 nitrogen and oxygen atoms in total. The average Bonchev–Trinajstić information content (AvgIpc) is 1.08. The van der Waals surface area contributed by atoms with Crippen LogP contribution in [0.5, 0.6) is 11.8 Å². The first-order valence-electron chi connectivity index (χ1n) is 39.3. The van der Waals surface area contributed by atoms with Crippen molar-refractivity contribution >= 4 is 69.5 Å². The molecule has 0 saturated carbocycles. The highest BCUT2D eigenvalue weighted by Crippen LogP contribution is 2.33. The van der Waals surface area contributed by atoms with Gasteiger partial charge in [0.15, 0.2) is 0 Å². The van der Waals surface area contributed by atoms with Gasteiger partial charge in [0.05, 0.1) is 104 Å². The minimum atomic E-state index is -0.529. The van der Waals surface area contributed by atoms with Crippen LogP contribution in [0.4, 0.5) is 63.0 Å². The number of H-pyrrole nitrogens is 1. The number of hydrogen-bond acceptors (Lipinski definition) is 33. The molecule has 0 bridgehead atoms. The maximum Gasteiger partial charge on any atom is 0.228 e. The Bertz CT molecular complexity index is 5360. The number of piperidine rings is 1. The topological polar surface area (TPSA) is 413 Å². The van der Waals surface area contributed by atoms with E-state index in [0.717, 1.165) is 150 Å². The van der Waals surface area contributed by atoms with Crippen LogP contribution in [0.3, 0.4) is 0 Å². The van der Waals surface area contributed by atoms with E-state index in [1.54, 1.807) is 67.5 Å². The smallest absolute Gasteiger partial charge is 0.228 e. The number of hydrogen-bond donors (Lipinski definition) is 6. The van der Waals surface area contributed by atoms with Gasteiger partial charge in [-0.1, -0.05) is 0 Å². The van der Waals surface area contributed by atoms with Crippen molar-refractivity contribution in [1.29, 1.82) is 0 Å². The number of nitrogens with one attached hydrogen (secondary N) is 2. The van der Waals surface area contributed by atoms with Gasteiger partial charge >= 0.3 is 0 Å². The van der Waals surface area contributed by atoms with E-state index in [1.807, 2.05) is 111 Å². The first-order valence-corrected chi connectivity index (χ1v) is 39.3. The summed E-state index contributed by atoms with van der Waals surface area (Å²) >= 11 is 0. The zero-order valence-electron chi connectivity index (χ0n) is 66.4. The van der Waals surface area contributed by atoms with Crippen LogP contribution in [-0.2, 0) is 18.9 Å². The average molecular weight is 1610 g/mol. The molecule has 0 radical (unpaired) electrons. The predicted octanol–water partition coefficient (Wildman–Crippen LogP) is 9.19. The molecule has 0 unspecified atom stereocenters. The summed E-state index contributed by atoms with van der Waals surface area (Å²) in [6.45, 7) is 14.7. The Hall–Kier alpha value is -13.5. The summed E-state index contributed by atoms with van der Waals surface area (Å²) in [5, 5.41) is 11.5. The molecule has 0 spiro atoms. The Morgan fingerprint density at radius 3 is 1.13 bits per heavy atom. The second kappa shape index (κ2) is 39.0. The number of nitrogens with zero attached hydrogens (tertiary/aromatic N) is 22. The monoisotopic (exact) mass is 1610 g/mol. The highest BCUT2D eigenvalue weighted by molar-refractivity contribution is 5.83. The Balaban J connectivity index is 0.000000124. The number of anilines is 10. The molecule has 13 aromatic rings. The van der Waals surface area contributed by atoms with E-state index in [4.69, 9.17) is 81.3 Å². The number of aromatic amines is 1. The number of nitrogens with two attached hydrogens (primary N) is 4. The molecule has 12 aromatic heterocycles. The summed E-state index contributed by atoms with van der Waals surface area (Å²) in [4.78, 5) is 80.4. The molecule has 0 aliphatic carbocycles. The van der Waals surface area contributed by atoms with Gasteiger partial charge < -0.3 is 86.1 Å². The fourth-order valence-corrected chi connectivity index (χ4v) is 13.2.